The van der Waals surface area contributed by atoms with Crippen molar-refractivity contribution in [3.05, 3.63) is 89.5 Å². The van der Waals surface area contributed by atoms with Crippen LogP contribution in [0, 0.1) is 5.41 Å². The molecule has 2 amide bonds. The van der Waals surface area contributed by atoms with Crippen molar-refractivity contribution in [2.75, 3.05) is 33.8 Å². The Kier molecular flexibility index (Phi) is 8.95. The fraction of sp³-hybridized carbons (Fsp3) is 0.463. The summed E-state index contributed by atoms with van der Waals surface area (Å²) in [5.41, 5.74) is 5.14. The molecule has 4 aromatic rings. The van der Waals surface area contributed by atoms with Crippen LogP contribution in [0.4, 0.5) is 0 Å². The number of nitrogens with one attached hydrogen (secondary N) is 1. The fourth-order valence-electron chi connectivity index (χ4n) is 8.52. The van der Waals surface area contributed by atoms with Crippen LogP contribution in [0.5, 0.6) is 5.75 Å². The molecule has 3 aliphatic carbocycles. The molecule has 3 saturated carbocycles. The summed E-state index contributed by atoms with van der Waals surface area (Å²) in [6, 6.07) is 24.1. The summed E-state index contributed by atoms with van der Waals surface area (Å²) >= 11 is 0. The van der Waals surface area contributed by atoms with Crippen LogP contribution in [0.3, 0.4) is 0 Å². The van der Waals surface area contributed by atoms with Crippen molar-refractivity contribution in [2.45, 2.75) is 81.5 Å². The highest BCUT2D eigenvalue weighted by Crippen LogP contribution is 2.53. The molecule has 1 saturated heterocycles. The fourth-order valence-corrected chi connectivity index (χ4v) is 9.82. The maximum atomic E-state index is 14.9. The molecular weight excluding hydrogens is 661 g/mol. The van der Waals surface area contributed by atoms with Crippen molar-refractivity contribution in [1.82, 2.24) is 19.1 Å². The Morgan fingerprint density at radius 1 is 0.902 bits per heavy atom. The van der Waals surface area contributed by atoms with Crippen LogP contribution >= 0.6 is 0 Å². The average molecular weight is 709 g/mol. The number of piperazine rings is 1. The molecule has 4 aliphatic rings. The summed E-state index contributed by atoms with van der Waals surface area (Å²) in [7, 11) is 0.0708. The summed E-state index contributed by atoms with van der Waals surface area (Å²) in [5, 5.41) is 0.572. The first-order chi connectivity index (χ1) is 24.7. The second kappa shape index (κ2) is 13.4. The highest BCUT2D eigenvalue weighted by atomic mass is 32.2. The first kappa shape index (κ1) is 34.0. The van der Waals surface area contributed by atoms with E-state index in [1.807, 2.05) is 42.5 Å². The zero-order valence-corrected chi connectivity index (χ0v) is 30.5. The smallest absolute Gasteiger partial charge is 0.264 e. The minimum atomic E-state index is -3.71. The van der Waals surface area contributed by atoms with Gasteiger partial charge in [-0.2, -0.15) is 0 Å². The molecule has 10 heteroatoms. The van der Waals surface area contributed by atoms with E-state index in [1.54, 1.807) is 13.2 Å². The largest absolute Gasteiger partial charge is 0.497 e. The molecule has 1 aliphatic heterocycles. The molecule has 2 heterocycles. The van der Waals surface area contributed by atoms with Crippen LogP contribution in [0.25, 0.3) is 22.2 Å². The van der Waals surface area contributed by atoms with Gasteiger partial charge in [-0.3, -0.25) is 9.59 Å². The third kappa shape index (κ3) is 6.57. The molecular formula is C41H48N4O5S. The third-order valence-electron chi connectivity index (χ3n) is 11.7. The zero-order valence-electron chi connectivity index (χ0n) is 29.6. The third-order valence-corrected chi connectivity index (χ3v) is 13.6. The Labute approximate surface area is 301 Å². The Hall–Kier alpha value is -4.15. The monoisotopic (exact) mass is 708 g/mol. The van der Waals surface area contributed by atoms with Gasteiger partial charge in [-0.25, -0.2) is 13.1 Å². The standard InChI is InChI=1S/C41H48N4O5S/c1-43-23-24-44(36(26-43)28-9-5-3-6-10-28)40(47)41(21-22-41)27-45-35-25-31(39(46)42-51(48,49)33-18-19-33)15-20-34(35)37(29-11-7-4-8-12-29)38(45)30-13-16-32(50-2)17-14-30/h3,5-6,9-10,13-17,20,25,29,33,36H,4,7-8,11-12,18-19,21-24,26-27H2,1-2H3,(H,42,46). The topological polar surface area (TPSA) is 101 Å². The van der Waals surface area contributed by atoms with Gasteiger partial charge in [-0.1, -0.05) is 55.7 Å². The first-order valence-corrected chi connectivity index (χ1v) is 20.1. The second-order valence-electron chi connectivity index (χ2n) is 15.3. The van der Waals surface area contributed by atoms with E-state index in [0.29, 0.717) is 37.4 Å². The minimum Gasteiger partial charge on any atom is -0.497 e. The summed E-state index contributed by atoms with van der Waals surface area (Å²) in [4.78, 5) is 32.8. The van der Waals surface area contributed by atoms with Crippen LogP contribution in [0.15, 0.2) is 72.8 Å². The molecule has 1 unspecified atom stereocenters. The Balaban J connectivity index is 1.25. The normalized spacial score (nSPS) is 21.1. The van der Waals surface area contributed by atoms with E-state index in [2.05, 4.69) is 50.4 Å². The molecule has 0 spiro atoms. The molecule has 0 bridgehead atoms. The molecule has 9 nitrogen and oxygen atoms in total. The lowest BCUT2D eigenvalue weighted by atomic mass is 9.81. The molecule has 0 radical (unpaired) electrons. The molecule has 1 atom stereocenters. The number of nitrogens with zero attached hydrogens (tertiary/aromatic N) is 3. The molecule has 3 aromatic carbocycles. The van der Waals surface area contributed by atoms with Gasteiger partial charge < -0.3 is 19.1 Å². The van der Waals surface area contributed by atoms with Gasteiger partial charge in [0.05, 0.1) is 29.5 Å². The van der Waals surface area contributed by atoms with E-state index in [9.17, 15) is 18.0 Å². The SMILES string of the molecule is COc1ccc(-c2c(C3CCCCC3)c3ccc(C(=O)NS(=O)(=O)C4CC4)cc3n2CC2(C(=O)N3CCN(C)CC3c3ccccc3)CC2)cc1. The van der Waals surface area contributed by atoms with Crippen LogP contribution in [0.2, 0.25) is 0 Å². The van der Waals surface area contributed by atoms with Crippen molar-refractivity contribution >= 4 is 32.7 Å². The molecule has 1 N–H and O–H groups in total. The number of sulfonamides is 1. The number of carbonyl (C=O) groups is 2. The van der Waals surface area contributed by atoms with Gasteiger partial charge in [-0.15, -0.1) is 0 Å². The number of hydrogen-bond acceptors (Lipinski definition) is 6. The predicted octanol–water partition coefficient (Wildman–Crippen LogP) is 6.88. The molecule has 1 aromatic heterocycles. The quantitative estimate of drug-likeness (QED) is 0.193. The maximum absolute atomic E-state index is 14.9. The van der Waals surface area contributed by atoms with Gasteiger partial charge in [0.25, 0.3) is 5.91 Å². The number of likely N-dealkylation sites (N-methyl/N-ethyl adjacent to an activating group) is 1. The Morgan fingerprint density at radius 2 is 1.63 bits per heavy atom. The van der Waals surface area contributed by atoms with E-state index in [0.717, 1.165) is 85.1 Å². The van der Waals surface area contributed by atoms with E-state index >= 15 is 0 Å². The number of amides is 2. The van der Waals surface area contributed by atoms with Crippen molar-refractivity contribution in [3.63, 3.8) is 0 Å². The van der Waals surface area contributed by atoms with Gasteiger partial charge in [0.15, 0.2) is 0 Å². The lowest BCUT2D eigenvalue weighted by molar-refractivity contribution is -0.142. The van der Waals surface area contributed by atoms with Crippen molar-refractivity contribution in [3.8, 4) is 17.0 Å². The Morgan fingerprint density at radius 3 is 2.29 bits per heavy atom. The Bertz CT molecular complexity index is 2040. The van der Waals surface area contributed by atoms with E-state index in [1.165, 1.54) is 12.0 Å². The molecule has 268 valence electrons. The number of benzene rings is 3. The van der Waals surface area contributed by atoms with Crippen molar-refractivity contribution in [2.24, 2.45) is 5.41 Å². The first-order valence-electron chi connectivity index (χ1n) is 18.6. The number of methoxy groups -OCH3 is 1. The van der Waals surface area contributed by atoms with E-state index in [4.69, 9.17) is 4.74 Å². The highest BCUT2D eigenvalue weighted by molar-refractivity contribution is 7.91. The molecule has 4 fully saturated rings. The lowest BCUT2D eigenvalue weighted by Crippen LogP contribution is -2.52. The molecule has 51 heavy (non-hydrogen) atoms. The summed E-state index contributed by atoms with van der Waals surface area (Å²) in [5.74, 6) is 0.686. The minimum absolute atomic E-state index is 0.0288. The molecule has 8 rings (SSSR count). The lowest BCUT2D eigenvalue weighted by Gasteiger charge is -2.42. The number of aromatic nitrogens is 1. The van der Waals surface area contributed by atoms with E-state index < -0.39 is 26.6 Å². The van der Waals surface area contributed by atoms with E-state index in [-0.39, 0.29) is 11.9 Å². The number of carbonyl (C=O) groups excluding carboxylic acids is 2. The predicted molar refractivity (Wildman–Crippen MR) is 199 cm³/mol. The van der Waals surface area contributed by atoms with Crippen LogP contribution in [-0.2, 0) is 21.4 Å². The zero-order chi connectivity index (χ0) is 35.3. The summed E-state index contributed by atoms with van der Waals surface area (Å²) in [6.45, 7) is 2.75. The number of rotatable bonds is 10. The van der Waals surface area contributed by atoms with Crippen LogP contribution in [-0.4, -0.2) is 73.6 Å². The maximum Gasteiger partial charge on any atom is 0.264 e. The average Bonchev–Trinajstić information content (AvgIpc) is 4.10. The van der Waals surface area contributed by atoms with Gasteiger partial charge in [0.2, 0.25) is 15.9 Å². The van der Waals surface area contributed by atoms with Crippen LogP contribution < -0.4 is 9.46 Å². The van der Waals surface area contributed by atoms with Gasteiger partial charge in [-0.05, 0) is 105 Å². The van der Waals surface area contributed by atoms with Crippen LogP contribution in [0.1, 0.15) is 91.2 Å². The number of fused-ring (bicyclic) bond motifs is 1. The number of hydrogen-bond donors (Lipinski definition) is 1. The van der Waals surface area contributed by atoms with Crippen molar-refractivity contribution < 1.29 is 22.7 Å². The van der Waals surface area contributed by atoms with Gasteiger partial charge in [0, 0.05) is 42.6 Å². The summed E-state index contributed by atoms with van der Waals surface area (Å²) in [6.07, 6.45) is 8.43. The van der Waals surface area contributed by atoms with Gasteiger partial charge >= 0.3 is 0 Å². The highest BCUT2D eigenvalue weighted by Gasteiger charge is 2.54. The summed E-state index contributed by atoms with van der Waals surface area (Å²) < 4.78 is 35.7. The second-order valence-corrected chi connectivity index (χ2v) is 17.2. The van der Waals surface area contributed by atoms with Gasteiger partial charge in [0.1, 0.15) is 5.75 Å². The number of ether oxygens (including phenoxy) is 1. The van der Waals surface area contributed by atoms with Crippen molar-refractivity contribution in [1.29, 1.82) is 0 Å².